The van der Waals surface area contributed by atoms with Gasteiger partial charge in [0.2, 0.25) is 11.8 Å². The van der Waals surface area contributed by atoms with Crippen molar-refractivity contribution < 1.29 is 9.21 Å². The number of carbonyl (C=O) groups is 1. The zero-order chi connectivity index (χ0) is 16.9. The lowest BCUT2D eigenvalue weighted by Crippen LogP contribution is -2.10. The van der Waals surface area contributed by atoms with Crippen molar-refractivity contribution in [3.05, 3.63) is 60.5 Å². The number of benzene rings is 2. The highest BCUT2D eigenvalue weighted by Gasteiger charge is 2.08. The molecular formula is C20H20N2O2. The number of nitrogens with zero attached hydrogens (tertiary/aromatic N) is 1. The van der Waals surface area contributed by atoms with Crippen molar-refractivity contribution in [2.75, 3.05) is 5.32 Å². The summed E-state index contributed by atoms with van der Waals surface area (Å²) >= 11 is 0. The van der Waals surface area contributed by atoms with E-state index < -0.39 is 0 Å². The molecule has 0 spiro atoms. The minimum atomic E-state index is 0.0484. The highest BCUT2D eigenvalue weighted by molar-refractivity contribution is 5.91. The summed E-state index contributed by atoms with van der Waals surface area (Å²) in [4.78, 5) is 15.9. The van der Waals surface area contributed by atoms with Crippen molar-refractivity contribution in [3.63, 3.8) is 0 Å². The molecule has 0 saturated carbocycles. The Labute approximate surface area is 141 Å². The molecule has 0 atom stereocenters. The number of hydrogen-bond acceptors (Lipinski definition) is 3. The largest absolute Gasteiger partial charge is 0.445 e. The van der Waals surface area contributed by atoms with E-state index in [1.54, 1.807) is 12.5 Å². The van der Waals surface area contributed by atoms with E-state index in [-0.39, 0.29) is 5.91 Å². The van der Waals surface area contributed by atoms with E-state index in [2.05, 4.69) is 29.4 Å². The number of carbonyl (C=O) groups excluding carboxylic acids is 1. The van der Waals surface area contributed by atoms with Crippen LogP contribution < -0.4 is 5.32 Å². The fourth-order valence-electron chi connectivity index (χ4n) is 2.62. The van der Waals surface area contributed by atoms with E-state index in [0.29, 0.717) is 12.3 Å². The number of nitrogens with one attached hydrogen (secondary N) is 1. The number of anilines is 1. The highest BCUT2D eigenvalue weighted by Crippen LogP contribution is 2.29. The Hall–Kier alpha value is -2.88. The first kappa shape index (κ1) is 16.0. The van der Waals surface area contributed by atoms with E-state index in [1.807, 2.05) is 37.3 Å². The van der Waals surface area contributed by atoms with Gasteiger partial charge in [0.25, 0.3) is 0 Å². The minimum Gasteiger partial charge on any atom is -0.445 e. The summed E-state index contributed by atoms with van der Waals surface area (Å²) in [6, 6.07) is 14.0. The Bertz CT molecular complexity index is 821. The molecule has 1 heterocycles. The van der Waals surface area contributed by atoms with Gasteiger partial charge in [-0.25, -0.2) is 4.98 Å². The van der Waals surface area contributed by atoms with Crippen LogP contribution in [0.1, 0.15) is 25.3 Å². The maximum absolute atomic E-state index is 11.7. The second-order valence-corrected chi connectivity index (χ2v) is 5.74. The summed E-state index contributed by atoms with van der Waals surface area (Å²) in [5.74, 6) is 0.659. The first-order chi connectivity index (χ1) is 11.7. The van der Waals surface area contributed by atoms with Gasteiger partial charge in [0.15, 0.2) is 0 Å². The van der Waals surface area contributed by atoms with Crippen LogP contribution in [0.5, 0.6) is 0 Å². The molecule has 24 heavy (non-hydrogen) atoms. The molecule has 3 aromatic rings. The van der Waals surface area contributed by atoms with Crippen molar-refractivity contribution in [1.29, 1.82) is 0 Å². The fourth-order valence-corrected chi connectivity index (χ4v) is 2.62. The van der Waals surface area contributed by atoms with Gasteiger partial charge in [0.05, 0.1) is 6.20 Å². The van der Waals surface area contributed by atoms with Gasteiger partial charge in [-0.1, -0.05) is 25.1 Å². The van der Waals surface area contributed by atoms with Crippen LogP contribution in [-0.4, -0.2) is 10.9 Å². The molecule has 3 rings (SSSR count). The summed E-state index contributed by atoms with van der Waals surface area (Å²) < 4.78 is 5.38. The molecule has 0 unspecified atom stereocenters. The maximum Gasteiger partial charge on any atom is 0.225 e. The number of aromatic nitrogens is 1. The predicted octanol–water partition coefficient (Wildman–Crippen LogP) is 5.06. The summed E-state index contributed by atoms with van der Waals surface area (Å²) in [5.41, 5.74) is 5.15. The Morgan fingerprint density at radius 2 is 1.88 bits per heavy atom. The van der Waals surface area contributed by atoms with Crippen molar-refractivity contribution >= 4 is 11.6 Å². The highest BCUT2D eigenvalue weighted by atomic mass is 16.3. The van der Waals surface area contributed by atoms with Gasteiger partial charge >= 0.3 is 0 Å². The van der Waals surface area contributed by atoms with Crippen molar-refractivity contribution in [2.24, 2.45) is 0 Å². The Morgan fingerprint density at radius 1 is 1.12 bits per heavy atom. The summed E-state index contributed by atoms with van der Waals surface area (Å²) in [7, 11) is 0. The van der Waals surface area contributed by atoms with Gasteiger partial charge in [-0.05, 0) is 54.3 Å². The van der Waals surface area contributed by atoms with Crippen LogP contribution in [0.2, 0.25) is 0 Å². The molecule has 1 N–H and O–H groups in total. The van der Waals surface area contributed by atoms with Crippen LogP contribution in [0.4, 0.5) is 5.69 Å². The summed E-state index contributed by atoms with van der Waals surface area (Å²) in [6.07, 6.45) is 4.60. The maximum atomic E-state index is 11.7. The molecule has 0 fully saturated rings. The topological polar surface area (TPSA) is 55.1 Å². The zero-order valence-electron chi connectivity index (χ0n) is 13.9. The van der Waals surface area contributed by atoms with Crippen LogP contribution in [0.25, 0.3) is 22.6 Å². The smallest absolute Gasteiger partial charge is 0.225 e. The fraction of sp³-hybridized carbons (Fsp3) is 0.200. The number of hydrogen-bond donors (Lipinski definition) is 1. The molecule has 0 aliphatic heterocycles. The zero-order valence-corrected chi connectivity index (χ0v) is 13.9. The van der Waals surface area contributed by atoms with Crippen LogP contribution in [0.3, 0.4) is 0 Å². The average molecular weight is 320 g/mol. The summed E-state index contributed by atoms with van der Waals surface area (Å²) in [6.45, 7) is 4.07. The third kappa shape index (κ3) is 3.54. The van der Waals surface area contributed by atoms with E-state index in [0.717, 1.165) is 28.8 Å². The lowest BCUT2D eigenvalue weighted by molar-refractivity contribution is -0.116. The van der Waals surface area contributed by atoms with Crippen molar-refractivity contribution in [1.82, 2.24) is 4.98 Å². The third-order valence-corrected chi connectivity index (χ3v) is 3.87. The Morgan fingerprint density at radius 3 is 2.54 bits per heavy atom. The number of aryl methyl sites for hydroxylation is 1. The van der Waals surface area contributed by atoms with Crippen molar-refractivity contribution in [2.45, 2.75) is 26.7 Å². The monoisotopic (exact) mass is 320 g/mol. The first-order valence-electron chi connectivity index (χ1n) is 8.08. The second kappa shape index (κ2) is 7.13. The van der Waals surface area contributed by atoms with Gasteiger partial charge in [0, 0.05) is 17.7 Å². The molecule has 0 bridgehead atoms. The summed E-state index contributed by atoms with van der Waals surface area (Å²) in [5, 5.41) is 2.91. The van der Waals surface area contributed by atoms with E-state index in [4.69, 9.17) is 4.42 Å². The SMILES string of the molecule is CCCC(=O)Nc1ccc(-c2cc(-c3ncco3)ccc2C)cc1. The van der Waals surface area contributed by atoms with Crippen LogP contribution in [-0.2, 0) is 4.79 Å². The number of amides is 1. The van der Waals surface area contributed by atoms with Gasteiger partial charge < -0.3 is 9.73 Å². The second-order valence-electron chi connectivity index (χ2n) is 5.74. The van der Waals surface area contributed by atoms with Gasteiger partial charge in [-0.2, -0.15) is 0 Å². The molecule has 0 saturated heterocycles. The predicted molar refractivity (Wildman–Crippen MR) is 95.6 cm³/mol. The number of oxazole rings is 1. The first-order valence-corrected chi connectivity index (χ1v) is 8.08. The van der Waals surface area contributed by atoms with Crippen LogP contribution in [0.15, 0.2) is 59.3 Å². The molecule has 0 radical (unpaired) electrons. The molecule has 0 aliphatic rings. The molecule has 4 heteroatoms. The van der Waals surface area contributed by atoms with Crippen LogP contribution >= 0.6 is 0 Å². The van der Waals surface area contributed by atoms with Gasteiger partial charge in [0.1, 0.15) is 6.26 Å². The van der Waals surface area contributed by atoms with E-state index in [1.165, 1.54) is 5.56 Å². The molecule has 1 aromatic heterocycles. The molecule has 1 amide bonds. The molecule has 122 valence electrons. The average Bonchev–Trinajstić information content (AvgIpc) is 3.11. The van der Waals surface area contributed by atoms with E-state index in [9.17, 15) is 4.79 Å². The van der Waals surface area contributed by atoms with Crippen LogP contribution in [0, 0.1) is 6.92 Å². The molecule has 2 aromatic carbocycles. The standard InChI is InChI=1S/C20H20N2O2/c1-3-4-19(23)22-17-9-7-15(8-10-17)18-13-16(6-5-14(18)2)20-21-11-12-24-20/h5-13H,3-4H2,1-2H3,(H,22,23). The molecular weight excluding hydrogens is 300 g/mol. The third-order valence-electron chi connectivity index (χ3n) is 3.87. The van der Waals surface area contributed by atoms with Gasteiger partial charge in [-0.3, -0.25) is 4.79 Å². The Balaban J connectivity index is 1.86. The normalized spacial score (nSPS) is 10.6. The molecule has 4 nitrogen and oxygen atoms in total. The van der Waals surface area contributed by atoms with Gasteiger partial charge in [-0.15, -0.1) is 0 Å². The van der Waals surface area contributed by atoms with E-state index >= 15 is 0 Å². The molecule has 0 aliphatic carbocycles. The lowest BCUT2D eigenvalue weighted by Gasteiger charge is -2.10. The Kier molecular flexibility index (Phi) is 4.75. The lowest BCUT2D eigenvalue weighted by atomic mass is 9.98. The number of rotatable bonds is 5. The quantitative estimate of drug-likeness (QED) is 0.715. The van der Waals surface area contributed by atoms with Crippen molar-refractivity contribution in [3.8, 4) is 22.6 Å². The minimum absolute atomic E-state index is 0.0484.